The van der Waals surface area contributed by atoms with E-state index in [9.17, 15) is 0 Å². The molecule has 2 N–H and O–H groups in total. The highest BCUT2D eigenvalue weighted by molar-refractivity contribution is 5.96. The van der Waals surface area contributed by atoms with Gasteiger partial charge in [-0.1, -0.05) is 5.16 Å². The van der Waals surface area contributed by atoms with Crippen LogP contribution in [0.2, 0.25) is 0 Å². The maximum atomic E-state index is 5.88. The number of hydrogen-bond acceptors (Lipinski definition) is 6. The van der Waals surface area contributed by atoms with Crippen molar-refractivity contribution in [2.75, 3.05) is 19.8 Å². The average molecular weight is 317 g/mol. The Kier molecular flexibility index (Phi) is 4.54. The first-order valence-electron chi connectivity index (χ1n) is 7.32. The van der Waals surface area contributed by atoms with Crippen molar-refractivity contribution in [3.63, 3.8) is 0 Å². The molecule has 0 bridgehead atoms. The van der Waals surface area contributed by atoms with Gasteiger partial charge in [-0.25, -0.2) is 9.67 Å². The van der Waals surface area contributed by atoms with Gasteiger partial charge >= 0.3 is 0 Å². The Morgan fingerprint density at radius 2 is 2.17 bits per heavy atom. The van der Waals surface area contributed by atoms with E-state index in [-0.39, 0.29) is 18.7 Å². The molecule has 3 heterocycles. The van der Waals surface area contributed by atoms with Crippen LogP contribution in [0.3, 0.4) is 0 Å². The van der Waals surface area contributed by atoms with Gasteiger partial charge in [-0.15, -0.1) is 0 Å². The van der Waals surface area contributed by atoms with Crippen LogP contribution in [0.15, 0.2) is 29.6 Å². The molecule has 0 aliphatic carbocycles. The van der Waals surface area contributed by atoms with Crippen LogP contribution in [0.4, 0.5) is 0 Å². The molecule has 2 aromatic rings. The van der Waals surface area contributed by atoms with E-state index in [1.54, 1.807) is 10.9 Å². The number of nitrogens with zero attached hydrogens (tertiary/aromatic N) is 4. The maximum absolute atomic E-state index is 5.88. The van der Waals surface area contributed by atoms with E-state index in [2.05, 4.69) is 15.2 Å². The number of nitrogens with two attached hydrogens (primary N) is 1. The summed E-state index contributed by atoms with van der Waals surface area (Å²) < 4.78 is 12.3. The summed E-state index contributed by atoms with van der Waals surface area (Å²) >= 11 is 0. The van der Waals surface area contributed by atoms with Gasteiger partial charge < -0.3 is 20.0 Å². The molecule has 0 radical (unpaired) electrons. The summed E-state index contributed by atoms with van der Waals surface area (Å²) in [5.74, 6) is 0.969. The summed E-state index contributed by atoms with van der Waals surface area (Å²) in [4.78, 5) is 9.50. The van der Waals surface area contributed by atoms with E-state index in [0.29, 0.717) is 18.8 Å². The van der Waals surface area contributed by atoms with E-state index in [4.69, 9.17) is 20.0 Å². The van der Waals surface area contributed by atoms with Gasteiger partial charge in [0, 0.05) is 17.5 Å². The molecular formula is C15H19N5O3. The third-order valence-electron chi connectivity index (χ3n) is 3.33. The van der Waals surface area contributed by atoms with Gasteiger partial charge in [0.15, 0.2) is 24.6 Å². The van der Waals surface area contributed by atoms with Gasteiger partial charge in [0.2, 0.25) is 0 Å². The summed E-state index contributed by atoms with van der Waals surface area (Å²) in [5.41, 5.74) is 8.51. The Balaban J connectivity index is 1.65. The lowest BCUT2D eigenvalue weighted by Crippen LogP contribution is -2.18. The largest absolute Gasteiger partial charge is 0.389 e. The van der Waals surface area contributed by atoms with Gasteiger partial charge in [0.25, 0.3) is 0 Å². The highest BCUT2D eigenvalue weighted by Gasteiger charge is 2.16. The second kappa shape index (κ2) is 6.76. The van der Waals surface area contributed by atoms with Gasteiger partial charge in [0.1, 0.15) is 0 Å². The molecule has 0 unspecified atom stereocenters. The first-order chi connectivity index (χ1) is 11.1. The highest BCUT2D eigenvalue weighted by atomic mass is 16.7. The van der Waals surface area contributed by atoms with Crippen molar-refractivity contribution in [2.45, 2.75) is 20.1 Å². The molecule has 0 spiro atoms. The Bertz CT molecular complexity index is 690. The molecule has 1 saturated heterocycles. The topological polar surface area (TPSA) is 96.8 Å². The third kappa shape index (κ3) is 3.66. The Morgan fingerprint density at radius 1 is 1.39 bits per heavy atom. The SMILES string of the molecule is Cc1cc(C)n(-c2ccc(C(N)=NOCC3OCCO3)cn2)n1. The molecule has 0 amide bonds. The number of rotatable bonds is 5. The minimum atomic E-state index is -0.377. The number of aromatic nitrogens is 3. The maximum Gasteiger partial charge on any atom is 0.194 e. The zero-order valence-electron chi connectivity index (χ0n) is 13.1. The molecule has 8 nitrogen and oxygen atoms in total. The van der Waals surface area contributed by atoms with Crippen LogP contribution in [0.25, 0.3) is 5.82 Å². The van der Waals surface area contributed by atoms with Crippen LogP contribution in [-0.2, 0) is 14.3 Å². The molecule has 1 fully saturated rings. The Labute approximate surface area is 133 Å². The van der Waals surface area contributed by atoms with Crippen molar-refractivity contribution in [3.8, 4) is 5.82 Å². The van der Waals surface area contributed by atoms with Crippen molar-refractivity contribution in [1.82, 2.24) is 14.8 Å². The molecule has 2 aromatic heterocycles. The van der Waals surface area contributed by atoms with Crippen LogP contribution in [0.1, 0.15) is 17.0 Å². The van der Waals surface area contributed by atoms with Gasteiger partial charge in [-0.2, -0.15) is 5.10 Å². The Hall–Kier alpha value is -2.45. The van der Waals surface area contributed by atoms with Crippen LogP contribution in [-0.4, -0.2) is 46.7 Å². The molecular weight excluding hydrogens is 298 g/mol. The number of oxime groups is 1. The predicted molar refractivity (Wildman–Crippen MR) is 83.2 cm³/mol. The quantitative estimate of drug-likeness (QED) is 0.500. The fourth-order valence-electron chi connectivity index (χ4n) is 2.25. The average Bonchev–Trinajstić information content (AvgIpc) is 3.17. The second-order valence-electron chi connectivity index (χ2n) is 5.19. The van der Waals surface area contributed by atoms with Crippen molar-refractivity contribution >= 4 is 5.84 Å². The fourth-order valence-corrected chi connectivity index (χ4v) is 2.25. The molecule has 1 aliphatic heterocycles. The molecule has 0 atom stereocenters. The second-order valence-corrected chi connectivity index (χ2v) is 5.19. The fraction of sp³-hybridized carbons (Fsp3) is 0.400. The number of amidine groups is 1. The summed E-state index contributed by atoms with van der Waals surface area (Å²) in [6.07, 6.45) is 1.26. The van der Waals surface area contributed by atoms with E-state index >= 15 is 0 Å². The smallest absolute Gasteiger partial charge is 0.194 e. The van der Waals surface area contributed by atoms with Crippen molar-refractivity contribution in [3.05, 3.63) is 41.3 Å². The molecule has 3 rings (SSSR count). The first kappa shape index (κ1) is 15.4. The molecule has 0 saturated carbocycles. The number of hydrogen-bond donors (Lipinski definition) is 1. The number of pyridine rings is 1. The van der Waals surface area contributed by atoms with E-state index < -0.39 is 0 Å². The lowest BCUT2D eigenvalue weighted by atomic mass is 10.2. The number of ether oxygens (including phenoxy) is 2. The van der Waals surface area contributed by atoms with Gasteiger partial charge in [-0.05, 0) is 32.0 Å². The predicted octanol–water partition coefficient (Wildman–Crippen LogP) is 0.894. The molecule has 23 heavy (non-hydrogen) atoms. The number of aryl methyl sites for hydroxylation is 2. The molecule has 0 aromatic carbocycles. The third-order valence-corrected chi connectivity index (χ3v) is 3.33. The van der Waals surface area contributed by atoms with Crippen molar-refractivity contribution in [1.29, 1.82) is 0 Å². The van der Waals surface area contributed by atoms with Crippen LogP contribution in [0.5, 0.6) is 0 Å². The summed E-state index contributed by atoms with van der Waals surface area (Å²) in [6.45, 7) is 5.28. The van der Waals surface area contributed by atoms with Gasteiger partial charge in [-0.3, -0.25) is 0 Å². The van der Waals surface area contributed by atoms with Crippen LogP contribution < -0.4 is 5.73 Å². The molecule has 1 aliphatic rings. The van der Waals surface area contributed by atoms with E-state index in [1.165, 1.54) is 0 Å². The van der Waals surface area contributed by atoms with Crippen molar-refractivity contribution in [2.24, 2.45) is 10.9 Å². The highest BCUT2D eigenvalue weighted by Crippen LogP contribution is 2.10. The molecule has 8 heteroatoms. The van der Waals surface area contributed by atoms with Crippen molar-refractivity contribution < 1.29 is 14.3 Å². The minimum Gasteiger partial charge on any atom is -0.389 e. The van der Waals surface area contributed by atoms with E-state index in [0.717, 1.165) is 17.2 Å². The van der Waals surface area contributed by atoms with Crippen LogP contribution >= 0.6 is 0 Å². The Morgan fingerprint density at radius 3 is 2.78 bits per heavy atom. The molecule has 122 valence electrons. The summed E-state index contributed by atoms with van der Waals surface area (Å²) in [6, 6.07) is 5.65. The summed E-state index contributed by atoms with van der Waals surface area (Å²) in [5, 5.41) is 8.24. The monoisotopic (exact) mass is 317 g/mol. The normalized spacial score (nSPS) is 16.0. The zero-order valence-corrected chi connectivity index (χ0v) is 13.1. The lowest BCUT2D eigenvalue weighted by molar-refractivity contribution is -0.0935. The standard InChI is InChI=1S/C15H19N5O3/c1-10-7-11(2)20(18-10)13-4-3-12(8-17-13)15(16)19-23-9-14-21-5-6-22-14/h3-4,7-8,14H,5-6,9H2,1-2H3,(H2,16,19). The minimum absolute atomic E-state index is 0.206. The lowest BCUT2D eigenvalue weighted by Gasteiger charge is -2.08. The first-order valence-corrected chi connectivity index (χ1v) is 7.32. The van der Waals surface area contributed by atoms with E-state index in [1.807, 2.05) is 32.0 Å². The van der Waals surface area contributed by atoms with Crippen LogP contribution in [0, 0.1) is 13.8 Å². The van der Waals surface area contributed by atoms with Gasteiger partial charge in [0.05, 0.1) is 18.9 Å². The zero-order chi connectivity index (χ0) is 16.2. The summed E-state index contributed by atoms with van der Waals surface area (Å²) in [7, 11) is 0.